The molecule has 0 aliphatic heterocycles. The van der Waals surface area contributed by atoms with Crippen molar-refractivity contribution in [3.63, 3.8) is 0 Å². The summed E-state index contributed by atoms with van der Waals surface area (Å²) in [5, 5.41) is 5.87. The van der Waals surface area contributed by atoms with E-state index >= 15 is 0 Å². The molecule has 7 heteroatoms. The van der Waals surface area contributed by atoms with Gasteiger partial charge in [-0.3, -0.25) is 9.79 Å². The fourth-order valence-electron chi connectivity index (χ4n) is 1.99. The Labute approximate surface area is 154 Å². The van der Waals surface area contributed by atoms with E-state index in [1.54, 1.807) is 13.1 Å². The second-order valence-corrected chi connectivity index (χ2v) is 6.18. The molecule has 0 aliphatic carbocycles. The molecule has 0 unspecified atom stereocenters. The summed E-state index contributed by atoms with van der Waals surface area (Å²) in [7, 11) is 3.48. The molecule has 0 atom stereocenters. The average Bonchev–Trinajstić information content (AvgIpc) is 2.37. The Hall–Kier alpha value is -1.38. The molecule has 0 aromatic heterocycles. The van der Waals surface area contributed by atoms with Crippen LogP contribution in [0, 0.1) is 5.82 Å². The minimum absolute atomic E-state index is 0. The smallest absolute Gasteiger partial charge is 0.239 e. The summed E-state index contributed by atoms with van der Waals surface area (Å²) in [6.45, 7) is 6.41. The van der Waals surface area contributed by atoms with Crippen LogP contribution in [0.15, 0.2) is 29.3 Å². The lowest BCUT2D eigenvalue weighted by atomic mass is 10.1. The maximum Gasteiger partial charge on any atom is 0.239 e. The molecule has 0 spiro atoms. The molecule has 2 N–H and O–H groups in total. The van der Waals surface area contributed by atoms with E-state index in [-0.39, 0.29) is 47.8 Å². The molecular formula is C16H26FIN4O. The minimum Gasteiger partial charge on any atom is -0.350 e. The van der Waals surface area contributed by atoms with Gasteiger partial charge >= 0.3 is 0 Å². The third-order valence-corrected chi connectivity index (χ3v) is 2.80. The van der Waals surface area contributed by atoms with E-state index < -0.39 is 0 Å². The quantitative estimate of drug-likeness (QED) is 0.433. The van der Waals surface area contributed by atoms with Crippen LogP contribution < -0.4 is 10.6 Å². The molecule has 23 heavy (non-hydrogen) atoms. The number of nitrogens with zero attached hydrogens (tertiary/aromatic N) is 2. The Morgan fingerprint density at radius 3 is 2.52 bits per heavy atom. The van der Waals surface area contributed by atoms with Crippen molar-refractivity contribution in [2.75, 3.05) is 20.6 Å². The molecule has 0 fully saturated rings. The Kier molecular flexibility index (Phi) is 9.11. The van der Waals surface area contributed by atoms with E-state index in [9.17, 15) is 9.18 Å². The summed E-state index contributed by atoms with van der Waals surface area (Å²) in [6, 6.07) is 6.41. The van der Waals surface area contributed by atoms with Crippen LogP contribution in [0.5, 0.6) is 0 Å². The van der Waals surface area contributed by atoms with Crippen molar-refractivity contribution in [2.45, 2.75) is 32.9 Å². The molecule has 0 saturated heterocycles. The molecule has 1 aromatic rings. The van der Waals surface area contributed by atoms with E-state index in [2.05, 4.69) is 15.6 Å². The van der Waals surface area contributed by atoms with E-state index in [0.29, 0.717) is 12.5 Å². The summed E-state index contributed by atoms with van der Waals surface area (Å²) >= 11 is 0. The minimum atomic E-state index is -0.268. The van der Waals surface area contributed by atoms with Crippen molar-refractivity contribution >= 4 is 35.8 Å². The Morgan fingerprint density at radius 2 is 2.00 bits per heavy atom. The van der Waals surface area contributed by atoms with Gasteiger partial charge in [0.2, 0.25) is 5.91 Å². The molecule has 1 rings (SSSR count). The van der Waals surface area contributed by atoms with Gasteiger partial charge in [0.15, 0.2) is 5.96 Å². The Balaban J connectivity index is 0.00000484. The van der Waals surface area contributed by atoms with Crippen molar-refractivity contribution in [2.24, 2.45) is 4.99 Å². The number of hydrogen-bond donors (Lipinski definition) is 2. The summed E-state index contributed by atoms with van der Waals surface area (Å²) < 4.78 is 13.2. The lowest BCUT2D eigenvalue weighted by Gasteiger charge is -2.24. The molecule has 5 nitrogen and oxygen atoms in total. The van der Waals surface area contributed by atoms with Crippen molar-refractivity contribution in [1.82, 2.24) is 15.5 Å². The molecule has 130 valence electrons. The van der Waals surface area contributed by atoms with Crippen LogP contribution in [0.3, 0.4) is 0 Å². The molecule has 1 amide bonds. The first kappa shape index (κ1) is 21.6. The second kappa shape index (κ2) is 9.69. The highest BCUT2D eigenvalue weighted by Gasteiger charge is 2.14. The highest BCUT2D eigenvalue weighted by Crippen LogP contribution is 2.06. The molecule has 0 heterocycles. The fraction of sp³-hybridized carbons (Fsp3) is 0.500. The van der Waals surface area contributed by atoms with Gasteiger partial charge in [-0.1, -0.05) is 12.1 Å². The number of aliphatic imine (C=N–C) groups is 1. The predicted octanol–water partition coefficient (Wildman–Crippen LogP) is 2.37. The Bertz CT molecular complexity index is 543. The summed E-state index contributed by atoms with van der Waals surface area (Å²) in [4.78, 5) is 17.8. The number of hydrogen-bond acceptors (Lipinski definition) is 2. The third-order valence-electron chi connectivity index (χ3n) is 2.80. The van der Waals surface area contributed by atoms with Gasteiger partial charge < -0.3 is 15.5 Å². The second-order valence-electron chi connectivity index (χ2n) is 6.18. The number of rotatable bonds is 4. The predicted molar refractivity (Wildman–Crippen MR) is 103 cm³/mol. The highest BCUT2D eigenvalue weighted by molar-refractivity contribution is 14.0. The maximum atomic E-state index is 13.2. The topological polar surface area (TPSA) is 56.7 Å². The zero-order valence-electron chi connectivity index (χ0n) is 14.3. The van der Waals surface area contributed by atoms with Crippen LogP contribution in [-0.4, -0.2) is 42.9 Å². The van der Waals surface area contributed by atoms with Gasteiger partial charge in [0.25, 0.3) is 0 Å². The fourth-order valence-corrected chi connectivity index (χ4v) is 1.99. The monoisotopic (exact) mass is 436 g/mol. The molecule has 1 aromatic carbocycles. The normalized spacial score (nSPS) is 11.5. The van der Waals surface area contributed by atoms with Crippen LogP contribution in [0.1, 0.15) is 26.3 Å². The van der Waals surface area contributed by atoms with Gasteiger partial charge in [0.1, 0.15) is 5.82 Å². The molecule has 0 saturated carbocycles. The van der Waals surface area contributed by atoms with E-state index in [4.69, 9.17) is 0 Å². The molecule has 0 radical (unpaired) electrons. The number of nitrogens with one attached hydrogen (secondary N) is 2. The zero-order chi connectivity index (χ0) is 16.8. The van der Waals surface area contributed by atoms with Gasteiger partial charge in [-0.05, 0) is 38.5 Å². The average molecular weight is 436 g/mol. The number of carbonyl (C=O) groups excluding carboxylic acids is 1. The number of guanidine groups is 1. The van der Waals surface area contributed by atoms with Crippen LogP contribution in [-0.2, 0) is 11.3 Å². The summed E-state index contributed by atoms with van der Waals surface area (Å²) in [6.07, 6.45) is 0. The van der Waals surface area contributed by atoms with Gasteiger partial charge in [-0.15, -0.1) is 24.0 Å². The van der Waals surface area contributed by atoms with Gasteiger partial charge in [-0.25, -0.2) is 4.39 Å². The van der Waals surface area contributed by atoms with Gasteiger partial charge in [-0.2, -0.15) is 0 Å². The van der Waals surface area contributed by atoms with Crippen LogP contribution in [0.25, 0.3) is 0 Å². The van der Waals surface area contributed by atoms with Crippen molar-refractivity contribution in [3.05, 3.63) is 35.6 Å². The SMILES string of the molecule is CN=C(NCC(=O)NC(C)(C)C)N(C)Cc1cccc(F)c1.I. The highest BCUT2D eigenvalue weighted by atomic mass is 127. The largest absolute Gasteiger partial charge is 0.350 e. The standard InChI is InChI=1S/C16H25FN4O.HI/c1-16(2,3)20-14(22)10-19-15(18-4)21(5)11-12-7-6-8-13(17)9-12;/h6-9H,10-11H2,1-5H3,(H,18,19)(H,20,22);1H. The molecule has 0 aliphatic rings. The lowest BCUT2D eigenvalue weighted by molar-refractivity contribution is -0.121. The summed E-state index contributed by atoms with van der Waals surface area (Å²) in [5.41, 5.74) is 0.569. The summed E-state index contributed by atoms with van der Waals surface area (Å²) in [5.74, 6) is 0.208. The van der Waals surface area contributed by atoms with E-state index in [0.717, 1.165) is 5.56 Å². The number of benzene rings is 1. The van der Waals surface area contributed by atoms with Crippen LogP contribution >= 0.6 is 24.0 Å². The first-order chi connectivity index (χ1) is 10.2. The zero-order valence-corrected chi connectivity index (χ0v) is 16.6. The lowest BCUT2D eigenvalue weighted by Crippen LogP contribution is -2.48. The van der Waals surface area contributed by atoms with Crippen molar-refractivity contribution in [3.8, 4) is 0 Å². The molecule has 0 bridgehead atoms. The first-order valence-electron chi connectivity index (χ1n) is 7.18. The maximum absolute atomic E-state index is 13.2. The van der Waals surface area contributed by atoms with Crippen LogP contribution in [0.4, 0.5) is 4.39 Å². The van der Waals surface area contributed by atoms with Crippen molar-refractivity contribution < 1.29 is 9.18 Å². The van der Waals surface area contributed by atoms with E-state index in [1.807, 2.05) is 38.8 Å². The first-order valence-corrected chi connectivity index (χ1v) is 7.18. The number of halogens is 2. The number of amides is 1. The van der Waals surface area contributed by atoms with Crippen LogP contribution in [0.2, 0.25) is 0 Å². The molecular weight excluding hydrogens is 410 g/mol. The Morgan fingerprint density at radius 1 is 1.35 bits per heavy atom. The number of carbonyl (C=O) groups is 1. The van der Waals surface area contributed by atoms with E-state index in [1.165, 1.54) is 12.1 Å². The van der Waals surface area contributed by atoms with Crippen molar-refractivity contribution in [1.29, 1.82) is 0 Å². The third kappa shape index (κ3) is 8.73. The van der Waals surface area contributed by atoms with Gasteiger partial charge in [0, 0.05) is 26.2 Å². The van der Waals surface area contributed by atoms with Gasteiger partial charge in [0.05, 0.1) is 6.54 Å².